The summed E-state index contributed by atoms with van der Waals surface area (Å²) in [5.74, 6) is 0. The molecule has 0 spiro atoms. The zero-order chi connectivity index (χ0) is 29.4. The second kappa shape index (κ2) is 12.0. The molecule has 0 aromatic rings. The maximum Gasteiger partial charge on any atom is 0.0925 e. The van der Waals surface area contributed by atoms with Crippen LogP contribution in [0.3, 0.4) is 0 Å². The number of nitrogens with zero attached hydrogens (tertiary/aromatic N) is 4. The summed E-state index contributed by atoms with van der Waals surface area (Å²) in [7, 11) is 0. The summed E-state index contributed by atoms with van der Waals surface area (Å²) in [5, 5.41) is 0.662. The molecule has 214 valence electrons. The fraction of sp³-hybridized carbons (Fsp3) is 0.444. The monoisotopic (exact) mass is 566 g/mol. The van der Waals surface area contributed by atoms with Crippen LogP contribution in [0.15, 0.2) is 111 Å². The van der Waals surface area contributed by atoms with E-state index in [2.05, 4.69) is 73.6 Å². The average Bonchev–Trinajstić information content (AvgIpc) is 3.76. The molecule has 0 aromatic heterocycles. The van der Waals surface area contributed by atoms with E-state index in [1.807, 2.05) is 0 Å². The van der Waals surface area contributed by atoms with Crippen molar-refractivity contribution in [2.75, 3.05) is 0 Å². The molecular weight excluding hydrogens is 524 g/mol. The van der Waals surface area contributed by atoms with Gasteiger partial charge in [-0.05, 0) is 103 Å². The van der Waals surface area contributed by atoms with E-state index in [1.54, 1.807) is 0 Å². The molecule has 0 atom stereocenters. The third kappa shape index (κ3) is 4.69. The summed E-state index contributed by atoms with van der Waals surface area (Å²) >= 11 is 7.35. The number of halogens is 1. The fourth-order valence-electron chi connectivity index (χ4n) is 6.94. The van der Waals surface area contributed by atoms with Gasteiger partial charge < -0.3 is 0 Å². The minimum Gasteiger partial charge on any atom is -0.249 e. The van der Waals surface area contributed by atoms with Gasteiger partial charge in [-0.1, -0.05) is 67.0 Å². The number of hydrogen-bond donors (Lipinski definition) is 0. The topological polar surface area (TPSA) is 49.4 Å². The Morgan fingerprint density at radius 1 is 0.439 bits per heavy atom. The average molecular weight is 567 g/mol. The zero-order valence-electron chi connectivity index (χ0n) is 26.1. The molecule has 0 unspecified atom stereocenters. The standard InChI is InChI=1S/C36H43ClN4/c1-9-21-22(10-2)35-31(37)36-26(14-6)25(13-5)34(41-36)28(16-8)33-24(12-4)23(11-3)32(40-33)27(15-7)29-18-17-20(38-29)19-30(21)39-35/h17-19H,9-16H2,1-8H3. The van der Waals surface area contributed by atoms with Crippen LogP contribution in [0.5, 0.6) is 0 Å². The van der Waals surface area contributed by atoms with Crippen LogP contribution in [0.4, 0.5) is 0 Å². The summed E-state index contributed by atoms with van der Waals surface area (Å²) in [6.07, 6.45) is 13.5. The highest BCUT2D eigenvalue weighted by molar-refractivity contribution is 6.48. The van der Waals surface area contributed by atoms with Crippen LogP contribution >= 0.6 is 11.6 Å². The number of allylic oxidation sites excluding steroid dienone is 12. The lowest BCUT2D eigenvalue weighted by atomic mass is 9.89. The van der Waals surface area contributed by atoms with Crippen molar-refractivity contribution in [1.82, 2.24) is 0 Å². The first kappa shape index (κ1) is 29.4. The van der Waals surface area contributed by atoms with Gasteiger partial charge in [0.25, 0.3) is 0 Å². The quantitative estimate of drug-likeness (QED) is 0.280. The SMILES string of the molecule is CCC1=C(CC)C2=C(Cl)C3=NC(=C(CC)C4=NC(=C(CC)C5=NC(=CC1=N2)C=C5)C(CC)=C4CC)C(CC)=C3CC. The summed E-state index contributed by atoms with van der Waals surface area (Å²) < 4.78 is 0. The highest BCUT2D eigenvalue weighted by atomic mass is 35.5. The molecule has 5 aliphatic rings. The van der Waals surface area contributed by atoms with Crippen molar-refractivity contribution >= 4 is 34.4 Å². The largest absolute Gasteiger partial charge is 0.249 e. The molecule has 41 heavy (non-hydrogen) atoms. The van der Waals surface area contributed by atoms with Crippen molar-refractivity contribution in [3.05, 3.63) is 90.6 Å². The Bertz CT molecular complexity index is 1580. The van der Waals surface area contributed by atoms with Crippen LogP contribution in [0, 0.1) is 0 Å². The van der Waals surface area contributed by atoms with Crippen LogP contribution in [-0.2, 0) is 0 Å². The first-order valence-corrected chi connectivity index (χ1v) is 16.1. The zero-order valence-corrected chi connectivity index (χ0v) is 26.8. The molecule has 0 saturated heterocycles. The van der Waals surface area contributed by atoms with E-state index >= 15 is 0 Å². The van der Waals surface area contributed by atoms with Crippen molar-refractivity contribution in [3.63, 3.8) is 0 Å². The maximum absolute atomic E-state index is 7.35. The number of fused-ring (bicyclic) bond motifs is 4. The molecule has 4 nitrogen and oxygen atoms in total. The van der Waals surface area contributed by atoms with Gasteiger partial charge in [0, 0.05) is 11.1 Å². The van der Waals surface area contributed by atoms with E-state index in [0.29, 0.717) is 5.03 Å². The number of rotatable bonds is 8. The Kier molecular flexibility index (Phi) is 8.61. The molecule has 5 aliphatic heterocycles. The highest BCUT2D eigenvalue weighted by Gasteiger charge is 2.34. The first-order chi connectivity index (χ1) is 19.9. The van der Waals surface area contributed by atoms with E-state index in [4.69, 9.17) is 31.6 Å². The Labute approximate surface area is 251 Å². The molecule has 0 aliphatic carbocycles. The first-order valence-electron chi connectivity index (χ1n) is 15.7. The second-order valence-electron chi connectivity index (χ2n) is 10.8. The van der Waals surface area contributed by atoms with Crippen molar-refractivity contribution in [1.29, 1.82) is 0 Å². The van der Waals surface area contributed by atoms with E-state index in [9.17, 15) is 0 Å². The third-order valence-corrected chi connectivity index (χ3v) is 9.23. The second-order valence-corrected chi connectivity index (χ2v) is 11.2. The van der Waals surface area contributed by atoms with E-state index in [1.165, 1.54) is 44.6 Å². The molecule has 0 saturated carbocycles. The molecule has 5 heterocycles. The van der Waals surface area contributed by atoms with Gasteiger partial charge >= 0.3 is 0 Å². The van der Waals surface area contributed by atoms with Gasteiger partial charge in [0.1, 0.15) is 0 Å². The van der Waals surface area contributed by atoms with Gasteiger partial charge in [0.05, 0.1) is 50.7 Å². The third-order valence-electron chi connectivity index (χ3n) is 8.87. The van der Waals surface area contributed by atoms with Crippen molar-refractivity contribution in [2.45, 2.75) is 107 Å². The normalized spacial score (nSPS) is 20.7. The Morgan fingerprint density at radius 2 is 0.927 bits per heavy atom. The van der Waals surface area contributed by atoms with Crippen molar-refractivity contribution in [3.8, 4) is 0 Å². The molecule has 0 amide bonds. The van der Waals surface area contributed by atoms with E-state index in [0.717, 1.165) is 97.0 Å². The summed E-state index contributed by atoms with van der Waals surface area (Å²) in [6.45, 7) is 17.8. The van der Waals surface area contributed by atoms with Crippen molar-refractivity contribution in [2.24, 2.45) is 20.0 Å². The lowest BCUT2D eigenvalue weighted by Gasteiger charge is -2.14. The van der Waals surface area contributed by atoms with Gasteiger partial charge in [-0.2, -0.15) is 0 Å². The van der Waals surface area contributed by atoms with Gasteiger partial charge in [-0.15, -0.1) is 0 Å². The summed E-state index contributed by atoms with van der Waals surface area (Å²) in [5.41, 5.74) is 18.0. The van der Waals surface area contributed by atoms with Crippen LogP contribution in [-0.4, -0.2) is 22.8 Å². The van der Waals surface area contributed by atoms with Crippen molar-refractivity contribution < 1.29 is 0 Å². The van der Waals surface area contributed by atoms with E-state index in [-0.39, 0.29) is 0 Å². The summed E-state index contributed by atoms with van der Waals surface area (Å²) in [4.78, 5) is 21.1. The number of aliphatic imine (C=N–C) groups is 4. The van der Waals surface area contributed by atoms with Crippen LogP contribution in [0.25, 0.3) is 0 Å². The number of hydrogen-bond acceptors (Lipinski definition) is 4. The van der Waals surface area contributed by atoms with Gasteiger partial charge in [-0.3, -0.25) is 0 Å². The molecular formula is C36H43ClN4. The lowest BCUT2D eigenvalue weighted by Crippen LogP contribution is -2.07. The molecule has 5 rings (SSSR count). The summed E-state index contributed by atoms with van der Waals surface area (Å²) in [6, 6.07) is 0. The smallest absolute Gasteiger partial charge is 0.0925 e. The predicted molar refractivity (Wildman–Crippen MR) is 177 cm³/mol. The molecule has 0 radical (unpaired) electrons. The minimum atomic E-state index is 0.662. The van der Waals surface area contributed by atoms with Gasteiger partial charge in [0.15, 0.2) is 0 Å². The van der Waals surface area contributed by atoms with E-state index < -0.39 is 0 Å². The maximum atomic E-state index is 7.35. The lowest BCUT2D eigenvalue weighted by molar-refractivity contribution is 1.02. The Hall–Kier alpha value is -3.11. The minimum absolute atomic E-state index is 0.662. The highest BCUT2D eigenvalue weighted by Crippen LogP contribution is 2.44. The van der Waals surface area contributed by atoms with Gasteiger partial charge in [0.2, 0.25) is 0 Å². The molecule has 0 aromatic carbocycles. The molecule has 8 bridgehead atoms. The van der Waals surface area contributed by atoms with Crippen LogP contribution in [0.1, 0.15) is 107 Å². The fourth-order valence-corrected chi connectivity index (χ4v) is 7.26. The Morgan fingerprint density at radius 3 is 1.49 bits per heavy atom. The predicted octanol–water partition coefficient (Wildman–Crippen LogP) is 10.4. The van der Waals surface area contributed by atoms with Crippen LogP contribution in [0.2, 0.25) is 0 Å². The Balaban J connectivity index is 1.94. The molecule has 0 N–H and O–H groups in total. The van der Waals surface area contributed by atoms with Gasteiger partial charge in [-0.25, -0.2) is 20.0 Å². The molecule has 5 heteroatoms. The molecule has 0 fully saturated rings. The van der Waals surface area contributed by atoms with Crippen LogP contribution < -0.4 is 0 Å².